The fourth-order valence-corrected chi connectivity index (χ4v) is 1.53. The molecule has 0 aromatic carbocycles. The van der Waals surface area contributed by atoms with Crippen LogP contribution in [0.3, 0.4) is 0 Å². The molecule has 0 saturated heterocycles. The molecule has 0 aliphatic carbocycles. The highest BCUT2D eigenvalue weighted by molar-refractivity contribution is 4.81. The highest BCUT2D eigenvalue weighted by Gasteiger charge is 2.00. The lowest BCUT2D eigenvalue weighted by molar-refractivity contribution is 0.425. The third-order valence-corrected chi connectivity index (χ3v) is 2.40. The van der Waals surface area contributed by atoms with E-state index in [1.807, 2.05) is 0 Å². The first-order valence-corrected chi connectivity index (χ1v) is 5.81. The first-order chi connectivity index (χ1) is 7.36. The maximum Gasteiger partial charge on any atom is 0.150 e. The second-order valence-corrected chi connectivity index (χ2v) is 3.78. The van der Waals surface area contributed by atoms with Crippen molar-refractivity contribution in [1.82, 2.24) is 14.8 Å². The molecule has 0 aliphatic heterocycles. The third kappa shape index (κ3) is 4.91. The molecular formula is C11H20FN3. The molecule has 1 aromatic rings. The van der Waals surface area contributed by atoms with Crippen LogP contribution >= 0.6 is 0 Å². The van der Waals surface area contributed by atoms with Gasteiger partial charge in [0.1, 0.15) is 13.0 Å². The van der Waals surface area contributed by atoms with E-state index in [9.17, 15) is 4.39 Å². The van der Waals surface area contributed by atoms with Crippen molar-refractivity contribution in [3.63, 3.8) is 0 Å². The van der Waals surface area contributed by atoms with Crippen LogP contribution in [-0.4, -0.2) is 21.4 Å². The third-order valence-electron chi connectivity index (χ3n) is 2.40. The van der Waals surface area contributed by atoms with Crippen LogP contribution in [-0.2, 0) is 13.0 Å². The molecule has 0 bridgehead atoms. The standard InChI is InChI=1S/C11H20FN3/c1-2-3-4-5-6-7-11-13-10-15(14-11)9-8-12/h10H,2-9H2,1H3. The van der Waals surface area contributed by atoms with Crippen LogP contribution in [0.2, 0.25) is 0 Å². The normalized spacial score (nSPS) is 10.8. The minimum atomic E-state index is -0.376. The average Bonchev–Trinajstić information content (AvgIpc) is 2.66. The number of alkyl halides is 1. The first kappa shape index (κ1) is 12.1. The lowest BCUT2D eigenvalue weighted by Crippen LogP contribution is -2.00. The van der Waals surface area contributed by atoms with E-state index in [0.717, 1.165) is 18.7 Å². The van der Waals surface area contributed by atoms with Crippen molar-refractivity contribution in [2.24, 2.45) is 0 Å². The van der Waals surface area contributed by atoms with Crippen molar-refractivity contribution >= 4 is 0 Å². The fourth-order valence-electron chi connectivity index (χ4n) is 1.53. The summed E-state index contributed by atoms with van der Waals surface area (Å²) in [6.45, 7) is 2.16. The van der Waals surface area contributed by atoms with E-state index in [4.69, 9.17) is 0 Å². The summed E-state index contributed by atoms with van der Waals surface area (Å²) < 4.78 is 13.6. The van der Waals surface area contributed by atoms with Crippen LogP contribution in [0.15, 0.2) is 6.33 Å². The molecule has 0 saturated carbocycles. The summed E-state index contributed by atoms with van der Waals surface area (Å²) >= 11 is 0. The van der Waals surface area contributed by atoms with Gasteiger partial charge in [0, 0.05) is 6.42 Å². The zero-order valence-corrected chi connectivity index (χ0v) is 9.45. The van der Waals surface area contributed by atoms with Gasteiger partial charge >= 0.3 is 0 Å². The minimum Gasteiger partial charge on any atom is -0.250 e. The quantitative estimate of drug-likeness (QED) is 0.622. The van der Waals surface area contributed by atoms with E-state index in [1.165, 1.54) is 25.7 Å². The number of halogens is 1. The van der Waals surface area contributed by atoms with Gasteiger partial charge in [0.05, 0.1) is 6.54 Å². The smallest absolute Gasteiger partial charge is 0.150 e. The van der Waals surface area contributed by atoms with E-state index in [-0.39, 0.29) is 6.67 Å². The molecule has 0 amide bonds. The minimum absolute atomic E-state index is 0.322. The Bertz CT molecular complexity index is 260. The Hall–Kier alpha value is -0.930. The van der Waals surface area contributed by atoms with Gasteiger partial charge in [-0.3, -0.25) is 4.68 Å². The fraction of sp³-hybridized carbons (Fsp3) is 0.818. The average molecular weight is 213 g/mol. The molecule has 0 atom stereocenters. The number of unbranched alkanes of at least 4 members (excludes halogenated alkanes) is 4. The highest BCUT2D eigenvalue weighted by Crippen LogP contribution is 2.05. The van der Waals surface area contributed by atoms with Crippen molar-refractivity contribution < 1.29 is 4.39 Å². The molecule has 1 heterocycles. The zero-order valence-electron chi connectivity index (χ0n) is 9.45. The van der Waals surface area contributed by atoms with Gasteiger partial charge in [-0.05, 0) is 6.42 Å². The molecule has 0 unspecified atom stereocenters. The highest BCUT2D eigenvalue weighted by atomic mass is 19.1. The Morgan fingerprint density at radius 3 is 2.80 bits per heavy atom. The molecule has 0 aliphatic rings. The van der Waals surface area contributed by atoms with E-state index in [0.29, 0.717) is 6.54 Å². The van der Waals surface area contributed by atoms with Gasteiger partial charge < -0.3 is 0 Å². The maximum absolute atomic E-state index is 12.0. The van der Waals surface area contributed by atoms with E-state index >= 15 is 0 Å². The molecule has 0 N–H and O–H groups in total. The van der Waals surface area contributed by atoms with Crippen molar-refractivity contribution in [1.29, 1.82) is 0 Å². The molecule has 1 rings (SSSR count). The molecular weight excluding hydrogens is 193 g/mol. The molecule has 15 heavy (non-hydrogen) atoms. The second kappa shape index (κ2) is 7.37. The number of hydrogen-bond donors (Lipinski definition) is 0. The molecule has 3 nitrogen and oxygen atoms in total. The van der Waals surface area contributed by atoms with E-state index < -0.39 is 0 Å². The van der Waals surface area contributed by atoms with Crippen LogP contribution in [0.25, 0.3) is 0 Å². The SMILES string of the molecule is CCCCCCCc1ncn(CCF)n1. The maximum atomic E-state index is 12.0. The van der Waals surface area contributed by atoms with Crippen molar-refractivity contribution in [3.05, 3.63) is 12.2 Å². The van der Waals surface area contributed by atoms with Crippen LogP contribution in [0.1, 0.15) is 44.9 Å². The Kier molecular flexibility index (Phi) is 5.97. The molecule has 86 valence electrons. The van der Waals surface area contributed by atoms with Gasteiger partial charge in [-0.2, -0.15) is 5.10 Å². The summed E-state index contributed by atoms with van der Waals surface area (Å²) in [5, 5.41) is 4.18. The van der Waals surface area contributed by atoms with Crippen molar-refractivity contribution in [2.45, 2.75) is 52.0 Å². The van der Waals surface area contributed by atoms with Gasteiger partial charge in [-0.15, -0.1) is 0 Å². The topological polar surface area (TPSA) is 30.7 Å². The lowest BCUT2D eigenvalue weighted by Gasteiger charge is -1.97. The van der Waals surface area contributed by atoms with Crippen LogP contribution in [0.5, 0.6) is 0 Å². The first-order valence-electron chi connectivity index (χ1n) is 5.81. The summed E-state index contributed by atoms with van der Waals surface area (Å²) in [6, 6.07) is 0. The van der Waals surface area contributed by atoms with E-state index in [2.05, 4.69) is 17.0 Å². The number of aromatic nitrogens is 3. The molecule has 0 radical (unpaired) electrons. The predicted molar refractivity (Wildman–Crippen MR) is 58.5 cm³/mol. The van der Waals surface area contributed by atoms with Crippen molar-refractivity contribution in [3.8, 4) is 0 Å². The van der Waals surface area contributed by atoms with Gasteiger partial charge in [-0.25, -0.2) is 9.37 Å². The molecule has 1 aromatic heterocycles. The molecule has 0 spiro atoms. The van der Waals surface area contributed by atoms with Crippen LogP contribution in [0.4, 0.5) is 4.39 Å². The predicted octanol–water partition coefficient (Wildman–Crippen LogP) is 2.76. The summed E-state index contributed by atoms with van der Waals surface area (Å²) in [7, 11) is 0. The Morgan fingerprint density at radius 2 is 2.07 bits per heavy atom. The Morgan fingerprint density at radius 1 is 1.27 bits per heavy atom. The van der Waals surface area contributed by atoms with Crippen LogP contribution < -0.4 is 0 Å². The second-order valence-electron chi connectivity index (χ2n) is 3.78. The van der Waals surface area contributed by atoms with Crippen LogP contribution in [0, 0.1) is 0 Å². The van der Waals surface area contributed by atoms with Crippen molar-refractivity contribution in [2.75, 3.05) is 6.67 Å². The molecule has 0 fully saturated rings. The molecule has 4 heteroatoms. The summed E-state index contributed by atoms with van der Waals surface area (Å²) in [4.78, 5) is 4.14. The summed E-state index contributed by atoms with van der Waals surface area (Å²) in [5.74, 6) is 0.847. The summed E-state index contributed by atoms with van der Waals surface area (Å²) in [6.07, 6.45) is 8.78. The summed E-state index contributed by atoms with van der Waals surface area (Å²) in [5.41, 5.74) is 0. The van der Waals surface area contributed by atoms with Gasteiger partial charge in [0.2, 0.25) is 0 Å². The van der Waals surface area contributed by atoms with Gasteiger partial charge in [-0.1, -0.05) is 32.6 Å². The number of aryl methyl sites for hydroxylation is 2. The lowest BCUT2D eigenvalue weighted by atomic mass is 10.1. The Balaban J connectivity index is 2.14. The van der Waals surface area contributed by atoms with Gasteiger partial charge in [0.15, 0.2) is 5.82 Å². The van der Waals surface area contributed by atoms with E-state index in [1.54, 1.807) is 11.0 Å². The van der Waals surface area contributed by atoms with Gasteiger partial charge in [0.25, 0.3) is 0 Å². The number of hydrogen-bond acceptors (Lipinski definition) is 2. The Labute approximate surface area is 90.7 Å². The number of nitrogens with zero attached hydrogens (tertiary/aromatic N) is 3. The number of rotatable bonds is 8. The zero-order chi connectivity index (χ0) is 10.9. The largest absolute Gasteiger partial charge is 0.250 e. The monoisotopic (exact) mass is 213 g/mol.